The number of benzene rings is 4. The molecule has 7 nitrogen and oxygen atoms in total. The minimum absolute atomic E-state index is 0.219. The van der Waals surface area contributed by atoms with E-state index in [0.29, 0.717) is 0 Å². The number of halogens is 1. The van der Waals surface area contributed by atoms with Crippen LogP contribution in [0.1, 0.15) is 61.8 Å². The Bertz CT molecular complexity index is 2030. The monoisotopic (exact) mass is 747 g/mol. The van der Waals surface area contributed by atoms with E-state index in [1.54, 1.807) is 18.9 Å². The van der Waals surface area contributed by atoms with Crippen molar-refractivity contribution in [2.75, 3.05) is 19.4 Å². The van der Waals surface area contributed by atoms with Crippen LogP contribution in [0, 0.1) is 6.92 Å². The van der Waals surface area contributed by atoms with Crippen molar-refractivity contribution in [3.05, 3.63) is 137 Å². The lowest BCUT2D eigenvalue weighted by Gasteiger charge is -2.34. The minimum Gasteiger partial charge on any atom is -0.497 e. The molecule has 6 aromatic rings. The topological polar surface area (TPSA) is 74.0 Å². The number of carbonyl (C=O) groups is 1. The number of unbranched alkanes of at least 4 members (excludes halogenated alkanes) is 2. The van der Waals surface area contributed by atoms with Gasteiger partial charge in [-0.05, 0) is 102 Å². The zero-order valence-electron chi connectivity index (χ0n) is 31.4. The number of hydrogen-bond acceptors (Lipinski definition) is 6. The van der Waals surface area contributed by atoms with Crippen molar-refractivity contribution in [2.45, 2.75) is 63.6 Å². The Kier molecular flexibility index (Phi) is 14.1. The fourth-order valence-corrected chi connectivity index (χ4v) is 8.40. The Morgan fingerprint density at radius 2 is 1.53 bits per heavy atom. The molecule has 276 valence electrons. The summed E-state index contributed by atoms with van der Waals surface area (Å²) in [4.78, 5) is 8.00. The molecule has 7 rings (SSSR count). The van der Waals surface area contributed by atoms with E-state index >= 15 is 0 Å². The number of nitrogens with zero attached hydrogens (tertiary/aromatic N) is 4. The molecule has 0 amide bonds. The molecule has 0 spiro atoms. The van der Waals surface area contributed by atoms with E-state index in [1.807, 2.05) is 64.2 Å². The van der Waals surface area contributed by atoms with Crippen LogP contribution in [0.5, 0.6) is 5.75 Å². The molecular weight excluding hydrogens is 698 g/mol. The van der Waals surface area contributed by atoms with Crippen LogP contribution in [-0.4, -0.2) is 45.5 Å². The van der Waals surface area contributed by atoms with E-state index in [4.69, 9.17) is 21.1 Å². The summed E-state index contributed by atoms with van der Waals surface area (Å²) in [6.07, 6.45) is 7.34. The highest BCUT2D eigenvalue weighted by Gasteiger charge is 2.41. The van der Waals surface area contributed by atoms with Crippen LogP contribution in [0.3, 0.4) is 0 Å². The van der Waals surface area contributed by atoms with Gasteiger partial charge < -0.3 is 19.4 Å². The quantitative estimate of drug-likeness (QED) is 0.0883. The molecule has 2 aromatic heterocycles. The maximum Gasteiger partial charge on any atom is 0.196 e. The highest BCUT2D eigenvalue weighted by molar-refractivity contribution is 7.99. The maximum atomic E-state index is 8.00. The molecule has 2 heterocycles. The summed E-state index contributed by atoms with van der Waals surface area (Å²) in [7, 11) is 3.75. The van der Waals surface area contributed by atoms with Crippen molar-refractivity contribution < 1.29 is 9.53 Å². The van der Waals surface area contributed by atoms with Gasteiger partial charge in [0.25, 0.3) is 0 Å². The first-order valence-electron chi connectivity index (χ1n) is 18.3. The number of fused-ring (bicyclic) bond motifs is 3. The summed E-state index contributed by atoms with van der Waals surface area (Å²) in [6.45, 7) is 8.97. The molecule has 1 aliphatic rings. The molecule has 0 saturated carbocycles. The molecule has 0 atom stereocenters. The fourth-order valence-electron chi connectivity index (χ4n) is 7.23. The van der Waals surface area contributed by atoms with Crippen molar-refractivity contribution in [2.24, 2.45) is 7.05 Å². The van der Waals surface area contributed by atoms with Crippen molar-refractivity contribution in [1.82, 2.24) is 24.6 Å². The third kappa shape index (κ3) is 8.62. The average molecular weight is 748 g/mol. The molecule has 0 radical (unpaired) electrons. The van der Waals surface area contributed by atoms with Crippen molar-refractivity contribution >= 4 is 30.2 Å². The van der Waals surface area contributed by atoms with Gasteiger partial charge in [0.05, 0.1) is 24.0 Å². The molecule has 0 saturated heterocycles. The van der Waals surface area contributed by atoms with Crippen LogP contribution in [0.15, 0.2) is 114 Å². The van der Waals surface area contributed by atoms with Gasteiger partial charge in [0, 0.05) is 30.6 Å². The molecule has 9 heteroatoms. The number of hydrogen-bond donors (Lipinski definition) is 1. The summed E-state index contributed by atoms with van der Waals surface area (Å²) >= 11 is 8.11. The molecule has 0 unspecified atom stereocenters. The lowest BCUT2D eigenvalue weighted by molar-refractivity contribution is -0.0980. The number of aromatic nitrogens is 4. The standard InChI is InChI=1S/C41H42ClN5OS.C2H6.CH2O/c1-29-28-31(42)19-22-37(29)47-39(38-16-11-26-46(38)2)44-45-40(47)49-27-10-4-9-24-41(43-25-23-30-17-20-32(48-3)21-18-30)35-14-7-5-12-33(35)34-13-6-8-15-36(34)41;2*1-2/h5-8,11-22,26,28,43H,4,9-10,23-25,27H2,1-3H3;1-2H3;1H2. The first-order chi connectivity index (χ1) is 26.0. The molecule has 53 heavy (non-hydrogen) atoms. The first kappa shape index (κ1) is 39.6. The molecule has 1 N–H and O–H groups in total. The van der Waals surface area contributed by atoms with E-state index in [2.05, 4.69) is 104 Å². The Balaban J connectivity index is 0.00000131. The molecule has 0 fully saturated rings. The summed E-state index contributed by atoms with van der Waals surface area (Å²) in [5, 5.41) is 15.1. The number of thioether (sulfide) groups is 1. The number of carbonyl (C=O) groups excluding carboxylic acids is 1. The van der Waals surface area contributed by atoms with Crippen LogP contribution in [0.4, 0.5) is 0 Å². The van der Waals surface area contributed by atoms with Gasteiger partial charge in [0.1, 0.15) is 12.5 Å². The predicted octanol–water partition coefficient (Wildman–Crippen LogP) is 10.5. The van der Waals surface area contributed by atoms with Crippen LogP contribution in [0.2, 0.25) is 5.02 Å². The lowest BCUT2D eigenvalue weighted by Crippen LogP contribution is -2.43. The van der Waals surface area contributed by atoms with E-state index in [-0.39, 0.29) is 5.54 Å². The number of methoxy groups -OCH3 is 1. The Morgan fingerprint density at radius 3 is 2.15 bits per heavy atom. The molecule has 1 aliphatic carbocycles. The molecule has 4 aromatic carbocycles. The average Bonchev–Trinajstić information content (AvgIpc) is 3.89. The number of ether oxygens (including phenoxy) is 1. The largest absolute Gasteiger partial charge is 0.497 e. The third-order valence-electron chi connectivity index (χ3n) is 9.70. The zero-order valence-corrected chi connectivity index (χ0v) is 33.0. The molecule has 0 bridgehead atoms. The van der Waals surface area contributed by atoms with Crippen LogP contribution in [0.25, 0.3) is 28.3 Å². The van der Waals surface area contributed by atoms with E-state index in [1.165, 1.54) is 27.8 Å². The van der Waals surface area contributed by atoms with Gasteiger partial charge in [-0.25, -0.2) is 0 Å². The van der Waals surface area contributed by atoms with Gasteiger partial charge in [0.15, 0.2) is 11.0 Å². The second kappa shape index (κ2) is 18.9. The van der Waals surface area contributed by atoms with Crippen LogP contribution in [-0.2, 0) is 23.8 Å². The van der Waals surface area contributed by atoms with Crippen molar-refractivity contribution in [3.63, 3.8) is 0 Å². The predicted molar refractivity (Wildman–Crippen MR) is 221 cm³/mol. The number of rotatable bonds is 14. The van der Waals surface area contributed by atoms with Crippen LogP contribution < -0.4 is 10.1 Å². The number of aryl methyl sites for hydroxylation is 2. The van der Waals surface area contributed by atoms with E-state index in [9.17, 15) is 0 Å². The summed E-state index contributed by atoms with van der Waals surface area (Å²) in [5.41, 5.74) is 9.71. The maximum absolute atomic E-state index is 8.00. The summed E-state index contributed by atoms with van der Waals surface area (Å²) in [5.74, 6) is 2.69. The smallest absolute Gasteiger partial charge is 0.196 e. The van der Waals surface area contributed by atoms with Gasteiger partial charge in [-0.2, -0.15) is 0 Å². The molecular formula is C44H50ClN5O2S. The second-order valence-corrected chi connectivity index (χ2v) is 14.3. The third-order valence-corrected chi connectivity index (χ3v) is 10.9. The Morgan fingerprint density at radius 1 is 0.849 bits per heavy atom. The SMILES string of the molecule is C=O.CC.COc1ccc(CCNC2(CCCCCSc3nnc(-c4cccn4C)n3-c3ccc(Cl)cc3C)c3ccccc3-c3ccccc32)cc1. The molecule has 0 aliphatic heterocycles. The van der Waals surface area contributed by atoms with Gasteiger partial charge in [-0.3, -0.25) is 4.57 Å². The van der Waals surface area contributed by atoms with E-state index in [0.717, 1.165) is 83.1 Å². The van der Waals surface area contributed by atoms with Gasteiger partial charge in [-0.1, -0.05) is 111 Å². The van der Waals surface area contributed by atoms with E-state index < -0.39 is 0 Å². The first-order valence-corrected chi connectivity index (χ1v) is 19.7. The van der Waals surface area contributed by atoms with Gasteiger partial charge >= 0.3 is 0 Å². The van der Waals surface area contributed by atoms with Gasteiger partial charge in [-0.15, -0.1) is 10.2 Å². The second-order valence-electron chi connectivity index (χ2n) is 12.8. The van der Waals surface area contributed by atoms with Crippen LogP contribution >= 0.6 is 23.4 Å². The normalized spacial score (nSPS) is 12.2. The highest BCUT2D eigenvalue weighted by Crippen LogP contribution is 2.50. The van der Waals surface area contributed by atoms with Crippen molar-refractivity contribution in [3.8, 4) is 34.1 Å². The highest BCUT2D eigenvalue weighted by atomic mass is 35.5. The zero-order chi connectivity index (χ0) is 37.8. The summed E-state index contributed by atoms with van der Waals surface area (Å²) < 4.78 is 9.64. The Hall–Kier alpha value is -4.63. The summed E-state index contributed by atoms with van der Waals surface area (Å²) in [6, 6.07) is 36.4. The van der Waals surface area contributed by atoms with Crippen molar-refractivity contribution in [1.29, 1.82) is 0 Å². The number of nitrogens with one attached hydrogen (secondary N) is 1. The lowest BCUT2D eigenvalue weighted by atomic mass is 9.82. The minimum atomic E-state index is -0.219. The fraction of sp³-hybridized carbons (Fsp3) is 0.295. The Labute approximate surface area is 323 Å². The van der Waals surface area contributed by atoms with Gasteiger partial charge in [0.2, 0.25) is 0 Å².